The molecule has 0 aliphatic carbocycles. The molecule has 1 atom stereocenters. The van der Waals surface area contributed by atoms with Gasteiger partial charge >= 0.3 is 0 Å². The summed E-state index contributed by atoms with van der Waals surface area (Å²) in [5.74, 6) is 2.19. The summed E-state index contributed by atoms with van der Waals surface area (Å²) in [5.41, 5.74) is 2.45. The van der Waals surface area contributed by atoms with Crippen molar-refractivity contribution in [2.75, 3.05) is 25.5 Å². The second-order valence-corrected chi connectivity index (χ2v) is 7.98. The Morgan fingerprint density at radius 2 is 2.00 bits per heavy atom. The van der Waals surface area contributed by atoms with Crippen LogP contribution in [0.15, 0.2) is 48.8 Å². The van der Waals surface area contributed by atoms with Crippen molar-refractivity contribution in [1.82, 2.24) is 19.9 Å². The molecule has 3 aromatic rings. The lowest BCUT2D eigenvalue weighted by Gasteiger charge is -2.31. The smallest absolute Gasteiger partial charge is 0.219 e. The van der Waals surface area contributed by atoms with Crippen LogP contribution in [0.1, 0.15) is 31.5 Å². The van der Waals surface area contributed by atoms with Crippen LogP contribution in [0.2, 0.25) is 5.02 Å². The van der Waals surface area contributed by atoms with Gasteiger partial charge in [0.1, 0.15) is 17.4 Å². The SMILES string of the molecule is COc1cncc(-c2cc(Nc3ccc(Cl)cc3)nc(C3CCCN(C(C)=O)C3)n2)c1. The number of nitrogens with one attached hydrogen (secondary N) is 1. The molecule has 0 spiro atoms. The molecule has 1 aliphatic heterocycles. The van der Waals surface area contributed by atoms with Crippen LogP contribution in [-0.4, -0.2) is 46.0 Å². The van der Waals surface area contributed by atoms with Crippen molar-refractivity contribution < 1.29 is 9.53 Å². The third-order valence-electron chi connectivity index (χ3n) is 5.34. The van der Waals surface area contributed by atoms with Gasteiger partial charge in [0.05, 0.1) is 19.0 Å². The lowest BCUT2D eigenvalue weighted by Crippen LogP contribution is -2.38. The minimum atomic E-state index is 0.0712. The van der Waals surface area contributed by atoms with Gasteiger partial charge < -0.3 is 15.0 Å². The monoisotopic (exact) mass is 437 g/mol. The first-order valence-electron chi connectivity index (χ1n) is 10.2. The van der Waals surface area contributed by atoms with E-state index in [0.29, 0.717) is 29.0 Å². The van der Waals surface area contributed by atoms with E-state index in [9.17, 15) is 4.79 Å². The van der Waals surface area contributed by atoms with Crippen molar-refractivity contribution in [3.05, 3.63) is 59.6 Å². The van der Waals surface area contributed by atoms with Crippen LogP contribution in [-0.2, 0) is 4.79 Å². The number of likely N-dealkylation sites (tertiary alicyclic amines) is 1. The number of hydrogen-bond acceptors (Lipinski definition) is 6. The molecule has 0 radical (unpaired) electrons. The maximum atomic E-state index is 11.9. The quantitative estimate of drug-likeness (QED) is 0.624. The zero-order valence-corrected chi connectivity index (χ0v) is 18.3. The number of nitrogens with zero attached hydrogens (tertiary/aromatic N) is 4. The summed E-state index contributed by atoms with van der Waals surface area (Å²) in [7, 11) is 1.61. The molecule has 1 aromatic carbocycles. The van der Waals surface area contributed by atoms with Crippen molar-refractivity contribution in [3.63, 3.8) is 0 Å². The molecular weight excluding hydrogens is 414 g/mol. The predicted octanol–water partition coefficient (Wildman–Crippen LogP) is 4.67. The third-order valence-corrected chi connectivity index (χ3v) is 5.59. The maximum absolute atomic E-state index is 11.9. The Hall–Kier alpha value is -3.19. The molecule has 1 unspecified atom stereocenters. The van der Waals surface area contributed by atoms with Gasteiger partial charge in [-0.2, -0.15) is 0 Å². The fourth-order valence-electron chi connectivity index (χ4n) is 3.69. The zero-order chi connectivity index (χ0) is 21.8. The van der Waals surface area contributed by atoms with E-state index in [1.807, 2.05) is 41.3 Å². The number of hydrogen-bond donors (Lipinski definition) is 1. The van der Waals surface area contributed by atoms with Crippen molar-refractivity contribution in [1.29, 1.82) is 0 Å². The summed E-state index contributed by atoms with van der Waals surface area (Å²) in [5, 5.41) is 4.01. The molecule has 8 heteroatoms. The normalized spacial score (nSPS) is 16.1. The first kappa shape index (κ1) is 21.1. The fourth-order valence-corrected chi connectivity index (χ4v) is 3.81. The van der Waals surface area contributed by atoms with Gasteiger partial charge in [-0.25, -0.2) is 9.97 Å². The van der Waals surface area contributed by atoms with Gasteiger partial charge in [-0.05, 0) is 43.2 Å². The number of amides is 1. The topological polar surface area (TPSA) is 80.2 Å². The number of carbonyl (C=O) groups is 1. The molecule has 4 rings (SSSR count). The van der Waals surface area contributed by atoms with Gasteiger partial charge in [0, 0.05) is 54.5 Å². The van der Waals surface area contributed by atoms with E-state index in [-0.39, 0.29) is 11.8 Å². The van der Waals surface area contributed by atoms with Gasteiger partial charge in [0.25, 0.3) is 0 Å². The molecule has 160 valence electrons. The molecular formula is C23H24ClN5O2. The molecule has 31 heavy (non-hydrogen) atoms. The molecule has 0 bridgehead atoms. The van der Waals surface area contributed by atoms with Crippen molar-refractivity contribution in [2.24, 2.45) is 0 Å². The minimum absolute atomic E-state index is 0.0712. The van der Waals surface area contributed by atoms with E-state index in [1.165, 1.54) is 0 Å². The lowest BCUT2D eigenvalue weighted by molar-refractivity contribution is -0.130. The summed E-state index contributed by atoms with van der Waals surface area (Å²) in [6.07, 6.45) is 5.27. The number of piperidine rings is 1. The number of anilines is 2. The number of pyridine rings is 1. The van der Waals surface area contributed by atoms with Crippen molar-refractivity contribution in [2.45, 2.75) is 25.7 Å². The Kier molecular flexibility index (Phi) is 6.32. The number of rotatable bonds is 5. The van der Waals surface area contributed by atoms with Crippen molar-refractivity contribution in [3.8, 4) is 17.0 Å². The van der Waals surface area contributed by atoms with Gasteiger partial charge in [-0.1, -0.05) is 11.6 Å². The Morgan fingerprint density at radius 3 is 2.74 bits per heavy atom. The molecule has 2 aromatic heterocycles. The van der Waals surface area contributed by atoms with Crippen molar-refractivity contribution >= 4 is 29.0 Å². The molecule has 1 saturated heterocycles. The summed E-state index contributed by atoms with van der Waals surface area (Å²) in [6, 6.07) is 11.2. The first-order chi connectivity index (χ1) is 15.0. The lowest BCUT2D eigenvalue weighted by atomic mass is 9.97. The average molecular weight is 438 g/mol. The average Bonchev–Trinajstić information content (AvgIpc) is 2.80. The number of ether oxygens (including phenoxy) is 1. The second kappa shape index (κ2) is 9.31. The van der Waals surface area contributed by atoms with Crippen LogP contribution >= 0.6 is 11.6 Å². The van der Waals surface area contributed by atoms with Crippen LogP contribution in [0.3, 0.4) is 0 Å². The van der Waals surface area contributed by atoms with Crippen LogP contribution < -0.4 is 10.1 Å². The largest absolute Gasteiger partial charge is 0.495 e. The summed E-state index contributed by atoms with van der Waals surface area (Å²) in [4.78, 5) is 27.7. The van der Waals surface area contributed by atoms with Gasteiger partial charge in [-0.3, -0.25) is 9.78 Å². The Bertz CT molecular complexity index is 1070. The molecule has 1 N–H and O–H groups in total. The maximum Gasteiger partial charge on any atom is 0.219 e. The molecule has 7 nitrogen and oxygen atoms in total. The Morgan fingerprint density at radius 1 is 1.19 bits per heavy atom. The molecule has 3 heterocycles. The van der Waals surface area contributed by atoms with E-state index in [1.54, 1.807) is 26.4 Å². The van der Waals surface area contributed by atoms with E-state index < -0.39 is 0 Å². The highest BCUT2D eigenvalue weighted by molar-refractivity contribution is 6.30. The summed E-state index contributed by atoms with van der Waals surface area (Å²) < 4.78 is 5.32. The van der Waals surface area contributed by atoms with Crippen LogP contribution in [0.25, 0.3) is 11.3 Å². The molecule has 1 amide bonds. The number of carbonyl (C=O) groups excluding carboxylic acids is 1. The number of benzene rings is 1. The highest BCUT2D eigenvalue weighted by atomic mass is 35.5. The molecule has 0 saturated carbocycles. The highest BCUT2D eigenvalue weighted by Gasteiger charge is 2.26. The standard InChI is InChI=1S/C23H24ClN5O2/c1-15(30)29-9-3-4-16(14-29)23-27-21(17-10-20(31-2)13-25-12-17)11-22(28-23)26-19-7-5-18(24)6-8-19/h5-8,10-13,16H,3-4,9,14H2,1-2H3,(H,26,27,28). The van der Waals surface area contributed by atoms with Gasteiger partial charge in [-0.15, -0.1) is 0 Å². The minimum Gasteiger partial charge on any atom is -0.495 e. The predicted molar refractivity (Wildman–Crippen MR) is 121 cm³/mol. The van der Waals surface area contributed by atoms with E-state index >= 15 is 0 Å². The van der Waals surface area contributed by atoms with Crippen LogP contribution in [0, 0.1) is 0 Å². The molecule has 1 fully saturated rings. The number of methoxy groups -OCH3 is 1. The third kappa shape index (κ3) is 5.11. The van der Waals surface area contributed by atoms with Crippen LogP contribution in [0.4, 0.5) is 11.5 Å². The van der Waals surface area contributed by atoms with Gasteiger partial charge in [0.15, 0.2) is 0 Å². The first-order valence-corrected chi connectivity index (χ1v) is 10.6. The summed E-state index contributed by atoms with van der Waals surface area (Å²) in [6.45, 7) is 3.01. The fraction of sp³-hybridized carbons (Fsp3) is 0.304. The second-order valence-electron chi connectivity index (χ2n) is 7.55. The van der Waals surface area contributed by atoms with Gasteiger partial charge in [0.2, 0.25) is 5.91 Å². The zero-order valence-electron chi connectivity index (χ0n) is 17.5. The number of halogens is 1. The van der Waals surface area contributed by atoms with E-state index in [0.717, 1.165) is 36.3 Å². The Labute approximate surface area is 186 Å². The van der Waals surface area contributed by atoms with Crippen LogP contribution in [0.5, 0.6) is 5.75 Å². The van der Waals surface area contributed by atoms with E-state index in [4.69, 9.17) is 26.3 Å². The number of aromatic nitrogens is 3. The molecule has 1 aliphatic rings. The van der Waals surface area contributed by atoms with E-state index in [2.05, 4.69) is 10.3 Å². The highest BCUT2D eigenvalue weighted by Crippen LogP contribution is 2.30. The summed E-state index contributed by atoms with van der Waals surface area (Å²) >= 11 is 6.01. The Balaban J connectivity index is 1.72.